The Morgan fingerprint density at radius 1 is 1.23 bits per heavy atom. The van der Waals surface area contributed by atoms with Crippen LogP contribution in [0.25, 0.3) is 6.08 Å². The summed E-state index contributed by atoms with van der Waals surface area (Å²) in [5.41, 5.74) is 4.25. The van der Waals surface area contributed by atoms with E-state index in [9.17, 15) is 18.0 Å². The van der Waals surface area contributed by atoms with Crippen LogP contribution in [-0.2, 0) is 4.79 Å². The minimum atomic E-state index is -2.25. The molecule has 0 bridgehead atoms. The van der Waals surface area contributed by atoms with Gasteiger partial charge in [-0.15, -0.1) is 0 Å². The van der Waals surface area contributed by atoms with Gasteiger partial charge in [0, 0.05) is 25.6 Å². The van der Waals surface area contributed by atoms with Gasteiger partial charge in [-0.25, -0.2) is 13.2 Å². The van der Waals surface area contributed by atoms with E-state index in [0.29, 0.717) is 11.4 Å². The molecule has 7 heteroatoms. The van der Waals surface area contributed by atoms with Gasteiger partial charge in [0.2, 0.25) is 5.92 Å². The molecular formula is C19H24F3N3O. The van der Waals surface area contributed by atoms with Gasteiger partial charge in [0.1, 0.15) is 5.83 Å². The second-order valence-corrected chi connectivity index (χ2v) is 5.73. The third-order valence-electron chi connectivity index (χ3n) is 3.40. The lowest BCUT2D eigenvalue weighted by atomic mass is 10.1. The van der Waals surface area contributed by atoms with Crippen molar-refractivity contribution in [3.8, 4) is 0 Å². The van der Waals surface area contributed by atoms with E-state index in [1.165, 1.54) is 6.92 Å². The van der Waals surface area contributed by atoms with Crippen LogP contribution >= 0.6 is 0 Å². The van der Waals surface area contributed by atoms with Crippen molar-refractivity contribution >= 4 is 23.4 Å². The summed E-state index contributed by atoms with van der Waals surface area (Å²) in [4.78, 5) is 12.3. The average molecular weight is 367 g/mol. The van der Waals surface area contributed by atoms with Gasteiger partial charge in [-0.2, -0.15) is 5.10 Å². The van der Waals surface area contributed by atoms with Crippen molar-refractivity contribution in [3.05, 3.63) is 47.3 Å². The van der Waals surface area contributed by atoms with E-state index in [0.717, 1.165) is 5.56 Å². The Bertz CT molecular complexity index is 714. The van der Waals surface area contributed by atoms with Crippen LogP contribution < -0.4 is 10.7 Å². The first-order valence-electron chi connectivity index (χ1n) is 8.20. The quantitative estimate of drug-likeness (QED) is 0.441. The van der Waals surface area contributed by atoms with Crippen LogP contribution in [0.5, 0.6) is 0 Å². The van der Waals surface area contributed by atoms with Crippen molar-refractivity contribution in [2.45, 2.75) is 39.5 Å². The number of carbonyl (C=O) groups excluding carboxylic acids is 1. The lowest BCUT2D eigenvalue weighted by molar-refractivity contribution is -0.112. The number of allylic oxidation sites excluding steroid dienone is 2. The van der Waals surface area contributed by atoms with Crippen LogP contribution in [0.2, 0.25) is 0 Å². The highest BCUT2D eigenvalue weighted by atomic mass is 19.3. The summed E-state index contributed by atoms with van der Waals surface area (Å²) in [5.74, 6) is -3.35. The number of halogens is 3. The first kappa shape index (κ1) is 21.5. The summed E-state index contributed by atoms with van der Waals surface area (Å²) in [5, 5.41) is 6.58. The topological polar surface area (TPSA) is 53.5 Å². The fourth-order valence-corrected chi connectivity index (χ4v) is 2.01. The molecule has 1 aliphatic carbocycles. The first-order chi connectivity index (χ1) is 12.2. The summed E-state index contributed by atoms with van der Waals surface area (Å²) < 4.78 is 35.9. The number of alkyl halides is 2. The van der Waals surface area contributed by atoms with Crippen molar-refractivity contribution < 1.29 is 18.0 Å². The number of amides is 1. The molecule has 142 valence electrons. The van der Waals surface area contributed by atoms with Gasteiger partial charge >= 0.3 is 0 Å². The molecule has 2 rings (SSSR count). The summed E-state index contributed by atoms with van der Waals surface area (Å²) in [6.45, 7) is 4.70. The Morgan fingerprint density at radius 2 is 1.81 bits per heavy atom. The van der Waals surface area contributed by atoms with E-state index < -0.39 is 17.7 Å². The lowest BCUT2D eigenvalue weighted by Gasteiger charge is -2.11. The summed E-state index contributed by atoms with van der Waals surface area (Å²) in [6.07, 6.45) is 3.98. The normalized spacial score (nSPS) is 16.3. The molecule has 1 saturated carbocycles. The molecule has 1 aromatic carbocycles. The Kier molecular flexibility index (Phi) is 8.09. The number of hydrogen-bond donors (Lipinski definition) is 2. The zero-order valence-electron chi connectivity index (χ0n) is 15.4. The summed E-state index contributed by atoms with van der Waals surface area (Å²) in [7, 11) is 1.59. The van der Waals surface area contributed by atoms with Crippen LogP contribution in [0.15, 0.2) is 46.8 Å². The molecule has 26 heavy (non-hydrogen) atoms. The van der Waals surface area contributed by atoms with Gasteiger partial charge in [-0.3, -0.25) is 4.79 Å². The van der Waals surface area contributed by atoms with E-state index in [2.05, 4.69) is 15.8 Å². The van der Waals surface area contributed by atoms with Crippen molar-refractivity contribution in [1.29, 1.82) is 0 Å². The van der Waals surface area contributed by atoms with E-state index in [1.54, 1.807) is 20.0 Å². The van der Waals surface area contributed by atoms with Gasteiger partial charge in [0.15, 0.2) is 0 Å². The number of carbonyl (C=O) groups is 1. The molecule has 0 unspecified atom stereocenters. The first-order valence-corrected chi connectivity index (χ1v) is 8.20. The number of nitrogens with zero attached hydrogens (tertiary/aromatic N) is 1. The molecule has 0 radical (unpaired) electrons. The monoisotopic (exact) mass is 367 g/mol. The van der Waals surface area contributed by atoms with Crippen LogP contribution in [-0.4, -0.2) is 24.6 Å². The molecule has 0 aromatic heterocycles. The van der Waals surface area contributed by atoms with Gasteiger partial charge in [-0.05, 0) is 32.4 Å². The van der Waals surface area contributed by atoms with Crippen LogP contribution in [0.1, 0.15) is 39.2 Å². The third kappa shape index (κ3) is 7.13. The predicted octanol–water partition coefficient (Wildman–Crippen LogP) is 4.91. The molecule has 0 heterocycles. The van der Waals surface area contributed by atoms with E-state index >= 15 is 0 Å². The summed E-state index contributed by atoms with van der Waals surface area (Å²) in [6, 6.07) is 7.32. The average Bonchev–Trinajstić information content (AvgIpc) is 3.25. The largest absolute Gasteiger partial charge is 0.321 e. The number of nitrogens with one attached hydrogen (secondary N) is 2. The van der Waals surface area contributed by atoms with Crippen LogP contribution in [0.3, 0.4) is 0 Å². The Morgan fingerprint density at radius 3 is 2.27 bits per heavy atom. The van der Waals surface area contributed by atoms with Gasteiger partial charge in [-0.1, -0.05) is 30.4 Å². The van der Waals surface area contributed by atoms with Gasteiger partial charge in [0.05, 0.1) is 11.3 Å². The standard InChI is InChI=1S/C16H20FN3O.C3H4F2/c1-5-8-13-9-6-7-10-14(13)19-16(21)15(11(2)17)12(3)20-18-4;4-3(5)1-2-3/h5-10,18H,1-4H3,(H,19,21);1-2H2/b8-5+,15-11-,20-12-;. The molecule has 2 N–H and O–H groups in total. The fraction of sp³-hybridized carbons (Fsp3) is 0.368. The molecule has 1 fully saturated rings. The minimum absolute atomic E-state index is 0.0698. The molecule has 4 nitrogen and oxygen atoms in total. The van der Waals surface area contributed by atoms with Crippen LogP contribution in [0.4, 0.5) is 18.9 Å². The van der Waals surface area contributed by atoms with Gasteiger partial charge in [0.25, 0.3) is 5.91 Å². The maximum absolute atomic E-state index is 13.6. The SMILES string of the molecule is C/C=C/c1ccccc1NC(=O)C(/C(C)=N\NC)=C(/C)F.FC1(F)CC1. The zero-order chi connectivity index (χ0) is 19.7. The number of hydrazone groups is 1. The van der Waals surface area contributed by atoms with Crippen molar-refractivity contribution in [3.63, 3.8) is 0 Å². The number of anilines is 1. The number of benzene rings is 1. The Labute approximate surface area is 151 Å². The maximum atomic E-state index is 13.6. The van der Waals surface area contributed by atoms with E-state index in [1.807, 2.05) is 37.3 Å². The minimum Gasteiger partial charge on any atom is -0.321 e. The Hall–Kier alpha value is -2.57. The summed E-state index contributed by atoms with van der Waals surface area (Å²) >= 11 is 0. The molecule has 0 saturated heterocycles. The number of para-hydroxylation sites is 1. The second kappa shape index (κ2) is 9.79. The predicted molar refractivity (Wildman–Crippen MR) is 99.9 cm³/mol. The molecule has 0 atom stereocenters. The Balaban J connectivity index is 0.000000577. The highest BCUT2D eigenvalue weighted by molar-refractivity contribution is 6.25. The maximum Gasteiger partial charge on any atom is 0.260 e. The smallest absolute Gasteiger partial charge is 0.260 e. The van der Waals surface area contributed by atoms with E-state index in [4.69, 9.17) is 0 Å². The number of rotatable bonds is 5. The van der Waals surface area contributed by atoms with Crippen molar-refractivity contribution in [1.82, 2.24) is 5.43 Å². The molecule has 0 aliphatic heterocycles. The molecular weight excluding hydrogens is 343 g/mol. The van der Waals surface area contributed by atoms with Crippen molar-refractivity contribution in [2.24, 2.45) is 5.10 Å². The zero-order valence-corrected chi connectivity index (χ0v) is 15.4. The third-order valence-corrected chi connectivity index (χ3v) is 3.40. The van der Waals surface area contributed by atoms with Crippen molar-refractivity contribution in [2.75, 3.05) is 12.4 Å². The molecule has 1 aliphatic rings. The lowest BCUT2D eigenvalue weighted by Crippen LogP contribution is -2.21. The fourth-order valence-electron chi connectivity index (χ4n) is 2.01. The molecule has 1 aromatic rings. The van der Waals surface area contributed by atoms with Crippen LogP contribution in [0, 0.1) is 0 Å². The highest BCUT2D eigenvalue weighted by Crippen LogP contribution is 2.40. The molecule has 1 amide bonds. The molecule has 0 spiro atoms. The number of hydrogen-bond acceptors (Lipinski definition) is 3. The van der Waals surface area contributed by atoms with E-state index in [-0.39, 0.29) is 18.4 Å². The highest BCUT2D eigenvalue weighted by Gasteiger charge is 2.43. The van der Waals surface area contributed by atoms with Gasteiger partial charge < -0.3 is 10.7 Å². The second-order valence-electron chi connectivity index (χ2n) is 5.73.